The topological polar surface area (TPSA) is 62.4 Å². The molecule has 0 fully saturated rings. The zero-order valence-electron chi connectivity index (χ0n) is 16.9. The van der Waals surface area contributed by atoms with Gasteiger partial charge < -0.3 is 14.6 Å². The van der Waals surface area contributed by atoms with Crippen molar-refractivity contribution in [1.29, 1.82) is 0 Å². The molecule has 0 unspecified atom stereocenters. The molecule has 1 aromatic heterocycles. The van der Waals surface area contributed by atoms with E-state index in [9.17, 15) is 9.59 Å². The summed E-state index contributed by atoms with van der Waals surface area (Å²) in [5.74, 6) is 0.492. The Kier molecular flexibility index (Phi) is 5.35. The monoisotopic (exact) mass is 398 g/mol. The van der Waals surface area contributed by atoms with E-state index in [0.29, 0.717) is 16.9 Å². The van der Waals surface area contributed by atoms with Crippen molar-refractivity contribution in [3.8, 4) is 5.75 Å². The molecule has 0 saturated carbocycles. The number of hydrogen-bond donors (Lipinski definition) is 1. The second-order valence-electron chi connectivity index (χ2n) is 7.12. The number of aryl methyl sites for hydroxylation is 1. The minimum atomic E-state index is -0.194. The van der Waals surface area contributed by atoms with Crippen LogP contribution in [0.4, 0.5) is 5.69 Å². The van der Waals surface area contributed by atoms with Crippen LogP contribution in [0.5, 0.6) is 5.75 Å². The normalized spacial score (nSPS) is 10.7. The summed E-state index contributed by atoms with van der Waals surface area (Å²) in [5, 5.41) is 0.939. The minimum Gasteiger partial charge on any atom is -0.497 e. The number of pyridine rings is 1. The van der Waals surface area contributed by atoms with Crippen molar-refractivity contribution in [2.45, 2.75) is 13.5 Å². The molecule has 0 spiro atoms. The van der Waals surface area contributed by atoms with Gasteiger partial charge in [-0.25, -0.2) is 0 Å². The Labute approximate surface area is 174 Å². The molecule has 1 amide bonds. The van der Waals surface area contributed by atoms with Gasteiger partial charge in [0, 0.05) is 16.8 Å². The highest BCUT2D eigenvalue weighted by molar-refractivity contribution is 6.06. The molecule has 0 radical (unpaired) electrons. The van der Waals surface area contributed by atoms with Crippen molar-refractivity contribution < 1.29 is 9.53 Å². The number of amides is 1. The first kappa shape index (κ1) is 19.5. The number of H-pyrrole nitrogens is 1. The van der Waals surface area contributed by atoms with E-state index in [2.05, 4.69) is 4.98 Å². The summed E-state index contributed by atoms with van der Waals surface area (Å²) in [6.45, 7) is 2.12. The molecule has 5 heteroatoms. The van der Waals surface area contributed by atoms with Gasteiger partial charge in [-0.3, -0.25) is 9.59 Å². The Bertz CT molecular complexity index is 1250. The first-order valence-electron chi connectivity index (χ1n) is 9.69. The third-order valence-electron chi connectivity index (χ3n) is 5.14. The van der Waals surface area contributed by atoms with E-state index in [-0.39, 0.29) is 18.0 Å². The highest BCUT2D eigenvalue weighted by Crippen LogP contribution is 2.22. The fraction of sp³-hybridized carbons (Fsp3) is 0.120. The average molecular weight is 398 g/mol. The summed E-state index contributed by atoms with van der Waals surface area (Å²) < 4.78 is 5.19. The van der Waals surface area contributed by atoms with Crippen LogP contribution in [0.15, 0.2) is 83.7 Å². The first-order chi connectivity index (χ1) is 14.6. The lowest BCUT2D eigenvalue weighted by atomic mass is 10.1. The standard InChI is InChI=1S/C25H22N2O3/c1-17-7-6-8-19-15-20(24(28)26-23(17)19)16-27(21-9-4-3-5-10-21)25(29)18-11-13-22(30-2)14-12-18/h3-15H,16H2,1-2H3,(H,26,28). The number of anilines is 1. The second kappa shape index (κ2) is 8.25. The molecule has 4 rings (SSSR count). The summed E-state index contributed by atoms with van der Waals surface area (Å²) in [6, 6.07) is 24.1. The highest BCUT2D eigenvalue weighted by atomic mass is 16.5. The van der Waals surface area contributed by atoms with Crippen LogP contribution < -0.4 is 15.2 Å². The number of hydrogen-bond acceptors (Lipinski definition) is 3. The van der Waals surface area contributed by atoms with Crippen LogP contribution in [0.1, 0.15) is 21.5 Å². The largest absolute Gasteiger partial charge is 0.497 e. The third-order valence-corrected chi connectivity index (χ3v) is 5.14. The fourth-order valence-electron chi connectivity index (χ4n) is 3.49. The van der Waals surface area contributed by atoms with Gasteiger partial charge in [-0.2, -0.15) is 0 Å². The van der Waals surface area contributed by atoms with E-state index in [1.54, 1.807) is 36.3 Å². The molecule has 5 nitrogen and oxygen atoms in total. The van der Waals surface area contributed by atoms with Gasteiger partial charge in [-0.15, -0.1) is 0 Å². The van der Waals surface area contributed by atoms with Gasteiger partial charge in [0.25, 0.3) is 11.5 Å². The molecule has 0 aliphatic carbocycles. The lowest BCUT2D eigenvalue weighted by Crippen LogP contribution is -2.32. The Morgan fingerprint density at radius 2 is 1.70 bits per heavy atom. The number of fused-ring (bicyclic) bond motifs is 1. The molecule has 0 aliphatic heterocycles. The van der Waals surface area contributed by atoms with Gasteiger partial charge in [0.2, 0.25) is 0 Å². The van der Waals surface area contributed by atoms with E-state index in [1.165, 1.54) is 0 Å². The van der Waals surface area contributed by atoms with Crippen LogP contribution in [0.3, 0.4) is 0 Å². The van der Waals surface area contributed by atoms with Crippen LogP contribution in [-0.2, 0) is 6.54 Å². The number of nitrogens with zero attached hydrogens (tertiary/aromatic N) is 1. The number of ether oxygens (including phenoxy) is 1. The zero-order chi connectivity index (χ0) is 21.1. The molecule has 30 heavy (non-hydrogen) atoms. The highest BCUT2D eigenvalue weighted by Gasteiger charge is 2.20. The van der Waals surface area contributed by atoms with Crippen molar-refractivity contribution in [3.05, 3.63) is 106 Å². The van der Waals surface area contributed by atoms with Gasteiger partial charge >= 0.3 is 0 Å². The summed E-state index contributed by atoms with van der Waals surface area (Å²) in [5.41, 5.74) is 3.40. The van der Waals surface area contributed by atoms with E-state index >= 15 is 0 Å². The van der Waals surface area contributed by atoms with E-state index < -0.39 is 0 Å². The Balaban J connectivity index is 1.75. The molecule has 1 N–H and O–H groups in total. The minimum absolute atomic E-state index is 0.161. The number of carbonyl (C=O) groups excluding carboxylic acids is 1. The van der Waals surface area contributed by atoms with Crippen molar-refractivity contribution in [2.24, 2.45) is 0 Å². The molecule has 150 valence electrons. The van der Waals surface area contributed by atoms with Crippen molar-refractivity contribution in [1.82, 2.24) is 4.98 Å². The Morgan fingerprint density at radius 3 is 2.40 bits per heavy atom. The maximum absolute atomic E-state index is 13.4. The van der Waals surface area contributed by atoms with Crippen LogP contribution in [0.2, 0.25) is 0 Å². The lowest BCUT2D eigenvalue weighted by molar-refractivity contribution is 0.0985. The maximum Gasteiger partial charge on any atom is 0.258 e. The summed E-state index contributed by atoms with van der Waals surface area (Å²) >= 11 is 0. The number of benzene rings is 3. The van der Waals surface area contributed by atoms with Gasteiger partial charge in [0.15, 0.2) is 0 Å². The van der Waals surface area contributed by atoms with Crippen LogP contribution in [0.25, 0.3) is 10.9 Å². The summed E-state index contributed by atoms with van der Waals surface area (Å²) in [4.78, 5) is 30.7. The number of para-hydroxylation sites is 2. The quantitative estimate of drug-likeness (QED) is 0.530. The predicted molar refractivity (Wildman–Crippen MR) is 119 cm³/mol. The summed E-state index contributed by atoms with van der Waals surface area (Å²) in [7, 11) is 1.58. The van der Waals surface area contributed by atoms with Gasteiger partial charge in [0.05, 0.1) is 19.2 Å². The molecule has 1 heterocycles. The van der Waals surface area contributed by atoms with Crippen LogP contribution >= 0.6 is 0 Å². The van der Waals surface area contributed by atoms with E-state index in [1.807, 2.05) is 61.5 Å². The molecule has 3 aromatic carbocycles. The van der Waals surface area contributed by atoms with Crippen molar-refractivity contribution in [2.75, 3.05) is 12.0 Å². The fourth-order valence-corrected chi connectivity index (χ4v) is 3.49. The number of aromatic nitrogens is 1. The molecule has 0 aliphatic rings. The average Bonchev–Trinajstić information content (AvgIpc) is 2.78. The van der Waals surface area contributed by atoms with Crippen LogP contribution in [-0.4, -0.2) is 18.0 Å². The molecule has 0 saturated heterocycles. The molecule has 0 bridgehead atoms. The molecular weight excluding hydrogens is 376 g/mol. The van der Waals surface area contributed by atoms with Gasteiger partial charge in [-0.05, 0) is 60.3 Å². The second-order valence-corrected chi connectivity index (χ2v) is 7.12. The Morgan fingerprint density at radius 1 is 0.967 bits per heavy atom. The first-order valence-corrected chi connectivity index (χ1v) is 9.69. The lowest BCUT2D eigenvalue weighted by Gasteiger charge is -2.23. The zero-order valence-corrected chi connectivity index (χ0v) is 16.9. The molecule has 0 atom stereocenters. The number of methoxy groups -OCH3 is 1. The van der Waals surface area contributed by atoms with Gasteiger partial charge in [0.1, 0.15) is 5.75 Å². The van der Waals surface area contributed by atoms with Crippen molar-refractivity contribution in [3.63, 3.8) is 0 Å². The van der Waals surface area contributed by atoms with Gasteiger partial charge in [-0.1, -0.05) is 36.4 Å². The SMILES string of the molecule is COc1ccc(C(=O)N(Cc2cc3cccc(C)c3[nH]c2=O)c2ccccc2)cc1. The molecular formula is C25H22N2O3. The maximum atomic E-state index is 13.4. The number of rotatable bonds is 5. The number of nitrogens with one attached hydrogen (secondary N) is 1. The number of carbonyl (C=O) groups is 1. The number of aromatic amines is 1. The van der Waals surface area contributed by atoms with Crippen LogP contribution in [0, 0.1) is 6.92 Å². The van der Waals surface area contributed by atoms with E-state index in [0.717, 1.165) is 22.2 Å². The van der Waals surface area contributed by atoms with Crippen molar-refractivity contribution >= 4 is 22.5 Å². The third kappa shape index (κ3) is 3.82. The smallest absolute Gasteiger partial charge is 0.258 e. The predicted octanol–water partition coefficient (Wildman–Crippen LogP) is 4.69. The van der Waals surface area contributed by atoms with E-state index in [4.69, 9.17) is 4.74 Å². The Hall–Kier alpha value is -3.86. The molecule has 4 aromatic rings. The summed E-state index contributed by atoms with van der Waals surface area (Å²) in [6.07, 6.45) is 0.